The van der Waals surface area contributed by atoms with Gasteiger partial charge in [0.1, 0.15) is 0 Å². The Morgan fingerprint density at radius 1 is 0.435 bits per heavy atom. The highest BCUT2D eigenvalue weighted by Crippen LogP contribution is 2.58. The second-order valence-electron chi connectivity index (χ2n) is 14.3. The lowest BCUT2D eigenvalue weighted by molar-refractivity contribution is 0.652. The molecule has 0 atom stereocenters. The van der Waals surface area contributed by atoms with E-state index in [4.69, 9.17) is 0 Å². The Kier molecular flexibility index (Phi) is 5.58. The molecule has 0 heterocycles. The average molecular weight is 592 g/mol. The minimum atomic E-state index is -0.149. The molecule has 0 saturated heterocycles. The van der Waals surface area contributed by atoms with Gasteiger partial charge in [-0.1, -0.05) is 119 Å². The van der Waals surface area contributed by atoms with Crippen molar-refractivity contribution in [2.24, 2.45) is 0 Å². The number of nitrogens with zero attached hydrogens (tertiary/aromatic N) is 1. The van der Waals surface area contributed by atoms with Gasteiger partial charge in [-0.3, -0.25) is 0 Å². The van der Waals surface area contributed by atoms with Gasteiger partial charge in [0.25, 0.3) is 0 Å². The van der Waals surface area contributed by atoms with Gasteiger partial charge in [0.05, 0.1) is 5.69 Å². The maximum Gasteiger partial charge on any atom is 0.0540 e. The number of fused-ring (bicyclic) bond motifs is 9. The van der Waals surface area contributed by atoms with Gasteiger partial charge < -0.3 is 4.90 Å². The first-order chi connectivity index (χ1) is 22.2. The van der Waals surface area contributed by atoms with E-state index in [0.29, 0.717) is 0 Å². The second kappa shape index (κ2) is 9.44. The molecule has 0 unspecified atom stereocenters. The third-order valence-electron chi connectivity index (χ3n) is 10.9. The third kappa shape index (κ3) is 3.63. The van der Waals surface area contributed by atoms with Gasteiger partial charge in [0.15, 0.2) is 0 Å². The van der Waals surface area contributed by atoms with Crippen molar-refractivity contribution in [2.75, 3.05) is 4.90 Å². The van der Waals surface area contributed by atoms with Crippen LogP contribution < -0.4 is 4.90 Å². The van der Waals surface area contributed by atoms with E-state index >= 15 is 0 Å². The number of para-hydroxylation sites is 1. The van der Waals surface area contributed by atoms with E-state index in [1.54, 1.807) is 0 Å². The molecule has 46 heavy (non-hydrogen) atoms. The van der Waals surface area contributed by atoms with Crippen LogP contribution in [0.25, 0.3) is 43.8 Å². The highest BCUT2D eigenvalue weighted by atomic mass is 15.1. The minimum absolute atomic E-state index is 0.0696. The van der Waals surface area contributed by atoms with Crippen LogP contribution in [0.15, 0.2) is 133 Å². The number of hydrogen-bond donors (Lipinski definition) is 0. The molecule has 222 valence electrons. The zero-order valence-corrected chi connectivity index (χ0v) is 27.1. The summed E-state index contributed by atoms with van der Waals surface area (Å²) in [6.45, 7) is 11.9. The Bertz CT molecular complexity index is 2370. The van der Waals surface area contributed by atoms with Gasteiger partial charge in [-0.25, -0.2) is 0 Å². The summed E-state index contributed by atoms with van der Waals surface area (Å²) in [7, 11) is 0. The number of benzene rings is 7. The van der Waals surface area contributed by atoms with Crippen molar-refractivity contribution >= 4 is 38.6 Å². The van der Waals surface area contributed by atoms with Crippen LogP contribution in [0.5, 0.6) is 0 Å². The number of rotatable bonds is 3. The van der Waals surface area contributed by atoms with E-state index in [1.807, 2.05) is 0 Å². The average Bonchev–Trinajstić information content (AvgIpc) is 3.43. The number of anilines is 3. The molecule has 0 bridgehead atoms. The summed E-state index contributed by atoms with van der Waals surface area (Å²) in [6, 6.07) is 49.7. The van der Waals surface area contributed by atoms with Gasteiger partial charge in [-0.2, -0.15) is 0 Å². The van der Waals surface area contributed by atoms with Crippen LogP contribution in [0.2, 0.25) is 0 Å². The lowest BCUT2D eigenvalue weighted by Gasteiger charge is -2.29. The zero-order chi connectivity index (χ0) is 31.4. The SMILES string of the molecule is Cc1cc2c(c3ccccc13)-c1cc3c(cc1C2(C)C)-c1ccc(N(c2ccccc2)c2cccc4ccccc24)cc1C3(C)C. The molecule has 1 nitrogen and oxygen atoms in total. The van der Waals surface area contributed by atoms with Crippen LogP contribution in [0.1, 0.15) is 55.5 Å². The quantitative estimate of drug-likeness (QED) is 0.198. The fourth-order valence-electron chi connectivity index (χ4n) is 8.52. The van der Waals surface area contributed by atoms with Crippen LogP contribution in [-0.2, 0) is 10.8 Å². The van der Waals surface area contributed by atoms with Gasteiger partial charge in [-0.15, -0.1) is 0 Å². The molecule has 0 saturated carbocycles. The smallest absolute Gasteiger partial charge is 0.0540 e. The van der Waals surface area contributed by atoms with E-state index in [1.165, 1.54) is 83.0 Å². The summed E-state index contributed by atoms with van der Waals surface area (Å²) in [4.78, 5) is 2.43. The maximum atomic E-state index is 2.54. The molecule has 7 aromatic rings. The molecule has 0 spiro atoms. The Hall–Kier alpha value is -5.14. The Morgan fingerprint density at radius 3 is 1.85 bits per heavy atom. The van der Waals surface area contributed by atoms with E-state index in [-0.39, 0.29) is 10.8 Å². The van der Waals surface area contributed by atoms with Crippen molar-refractivity contribution < 1.29 is 0 Å². The van der Waals surface area contributed by atoms with Crippen LogP contribution in [0, 0.1) is 6.92 Å². The Labute approximate surface area is 271 Å². The van der Waals surface area contributed by atoms with Crippen LogP contribution >= 0.6 is 0 Å². The second-order valence-corrected chi connectivity index (χ2v) is 14.3. The van der Waals surface area contributed by atoms with Gasteiger partial charge in [0.2, 0.25) is 0 Å². The molecule has 0 aromatic heterocycles. The lowest BCUT2D eigenvalue weighted by Crippen LogP contribution is -2.17. The topological polar surface area (TPSA) is 3.24 Å². The van der Waals surface area contributed by atoms with Crippen molar-refractivity contribution in [1.29, 1.82) is 0 Å². The molecule has 7 aromatic carbocycles. The van der Waals surface area contributed by atoms with Crippen LogP contribution in [-0.4, -0.2) is 0 Å². The van der Waals surface area contributed by atoms with Crippen molar-refractivity contribution in [1.82, 2.24) is 0 Å². The summed E-state index contributed by atoms with van der Waals surface area (Å²) in [5.41, 5.74) is 15.9. The largest absolute Gasteiger partial charge is 0.310 e. The van der Waals surface area contributed by atoms with Crippen molar-refractivity contribution in [3.8, 4) is 22.3 Å². The Morgan fingerprint density at radius 2 is 1.04 bits per heavy atom. The standard InChI is InChI=1S/C45H37N/c1-28-24-41-43(35-20-12-11-18-32(28)35)37-27-39-36(26-40(37)45(41,4)5)34-23-22-31(25-38(34)44(39,2)3)46(30-16-7-6-8-17-30)42-21-13-15-29-14-9-10-19-33(29)42/h6-27H,1-5H3. The monoisotopic (exact) mass is 591 g/mol. The molecule has 2 aliphatic carbocycles. The zero-order valence-electron chi connectivity index (χ0n) is 27.1. The number of aryl methyl sites for hydroxylation is 1. The fourth-order valence-corrected chi connectivity index (χ4v) is 8.52. The summed E-state index contributed by atoms with van der Waals surface area (Å²) in [5.74, 6) is 0. The summed E-state index contributed by atoms with van der Waals surface area (Å²) >= 11 is 0. The third-order valence-corrected chi connectivity index (χ3v) is 10.9. The van der Waals surface area contributed by atoms with E-state index < -0.39 is 0 Å². The molecule has 0 N–H and O–H groups in total. The van der Waals surface area contributed by atoms with E-state index in [2.05, 4.69) is 173 Å². The molecular formula is C45H37N. The fraction of sp³-hybridized carbons (Fsp3) is 0.156. The van der Waals surface area contributed by atoms with Crippen LogP contribution in [0.3, 0.4) is 0 Å². The lowest BCUT2D eigenvalue weighted by atomic mass is 9.79. The summed E-state index contributed by atoms with van der Waals surface area (Å²) in [5, 5.41) is 5.21. The summed E-state index contributed by atoms with van der Waals surface area (Å²) < 4.78 is 0. The highest BCUT2D eigenvalue weighted by molar-refractivity contribution is 6.05. The van der Waals surface area contributed by atoms with Gasteiger partial charge in [-0.05, 0) is 116 Å². The van der Waals surface area contributed by atoms with Gasteiger partial charge >= 0.3 is 0 Å². The molecule has 2 aliphatic rings. The molecule has 9 rings (SSSR count). The Balaban J connectivity index is 1.25. The number of hydrogen-bond acceptors (Lipinski definition) is 1. The first-order valence-electron chi connectivity index (χ1n) is 16.5. The molecule has 0 fully saturated rings. The normalized spacial score (nSPS) is 15.0. The first-order valence-corrected chi connectivity index (χ1v) is 16.5. The molecule has 0 amide bonds. The molecule has 1 heteroatoms. The minimum Gasteiger partial charge on any atom is -0.310 e. The van der Waals surface area contributed by atoms with E-state index in [9.17, 15) is 0 Å². The molecule has 0 radical (unpaired) electrons. The van der Waals surface area contributed by atoms with Crippen LogP contribution in [0.4, 0.5) is 17.1 Å². The van der Waals surface area contributed by atoms with Gasteiger partial charge in [0, 0.05) is 27.6 Å². The van der Waals surface area contributed by atoms with E-state index in [0.717, 1.165) is 5.69 Å². The maximum absolute atomic E-state index is 2.54. The predicted octanol–water partition coefficient (Wildman–Crippen LogP) is 12.4. The molecular weight excluding hydrogens is 555 g/mol. The molecule has 0 aliphatic heterocycles. The van der Waals surface area contributed by atoms with Crippen molar-refractivity contribution in [3.63, 3.8) is 0 Å². The highest BCUT2D eigenvalue weighted by Gasteiger charge is 2.42. The van der Waals surface area contributed by atoms with Crippen molar-refractivity contribution in [2.45, 2.75) is 45.4 Å². The predicted molar refractivity (Wildman–Crippen MR) is 196 cm³/mol. The summed E-state index contributed by atoms with van der Waals surface area (Å²) in [6.07, 6.45) is 0. The first kappa shape index (κ1) is 27.2. The van der Waals surface area contributed by atoms with Crippen molar-refractivity contribution in [3.05, 3.63) is 161 Å².